The average molecular weight is 553 g/mol. The minimum atomic E-state index is -0.781. The van der Waals surface area contributed by atoms with Gasteiger partial charge in [-0.05, 0) is 61.1 Å². The van der Waals surface area contributed by atoms with Gasteiger partial charge in [-0.2, -0.15) is 5.26 Å². The summed E-state index contributed by atoms with van der Waals surface area (Å²) in [6.07, 6.45) is 7.35. The first kappa shape index (κ1) is 27.5. The molecule has 2 aliphatic carbocycles. The van der Waals surface area contributed by atoms with Crippen LogP contribution in [0.4, 0.5) is 0 Å². The fraction of sp³-hybridized carbons (Fsp3) is 0.600. The van der Waals surface area contributed by atoms with Gasteiger partial charge < -0.3 is 19.9 Å². The number of fused-ring (bicyclic) bond motifs is 1. The number of nitrogens with zero attached hydrogens (tertiary/aromatic N) is 2. The van der Waals surface area contributed by atoms with Crippen LogP contribution in [-0.2, 0) is 9.59 Å². The lowest BCUT2D eigenvalue weighted by atomic mass is 9.72. The number of nitrogens with one attached hydrogen (secondary N) is 2. The van der Waals surface area contributed by atoms with E-state index in [4.69, 9.17) is 16.3 Å². The van der Waals surface area contributed by atoms with Gasteiger partial charge in [0, 0.05) is 24.3 Å². The third kappa shape index (κ3) is 5.38. The first-order valence-electron chi connectivity index (χ1n) is 13.9. The number of Topliss-reactive ketones (excluding diaryl/α,β-unsaturated/α-hetero) is 1. The first-order valence-corrected chi connectivity index (χ1v) is 14.3. The van der Waals surface area contributed by atoms with Gasteiger partial charge in [0.1, 0.15) is 29.3 Å². The maximum absolute atomic E-state index is 13.9. The normalized spacial score (nSPS) is 24.6. The van der Waals surface area contributed by atoms with Crippen LogP contribution in [0.25, 0.3) is 10.9 Å². The van der Waals surface area contributed by atoms with Gasteiger partial charge in [0.2, 0.25) is 5.91 Å². The van der Waals surface area contributed by atoms with Crippen LogP contribution < -0.4 is 10.1 Å². The molecule has 1 saturated heterocycles. The monoisotopic (exact) mass is 552 g/mol. The molecule has 2 amide bonds. The molecule has 1 spiro atoms. The van der Waals surface area contributed by atoms with Crippen molar-refractivity contribution in [1.29, 1.82) is 5.26 Å². The maximum Gasteiger partial charge on any atom is 0.271 e. The molecule has 2 heterocycles. The minimum absolute atomic E-state index is 0.0844. The largest absolute Gasteiger partial charge is 0.496 e. The number of likely N-dealkylation sites (tertiary alicyclic amines) is 1. The summed E-state index contributed by atoms with van der Waals surface area (Å²) in [4.78, 5) is 45.0. The lowest BCUT2D eigenvalue weighted by molar-refractivity contribution is -0.126. The van der Waals surface area contributed by atoms with Crippen LogP contribution in [0.15, 0.2) is 18.2 Å². The summed E-state index contributed by atoms with van der Waals surface area (Å²) in [6.45, 7) is 4.61. The topological polar surface area (TPSA) is 115 Å². The lowest BCUT2D eigenvalue weighted by Crippen LogP contribution is -2.49. The third-order valence-electron chi connectivity index (χ3n) is 9.04. The van der Waals surface area contributed by atoms with E-state index in [1.54, 1.807) is 30.2 Å². The number of ether oxygens (including phenoxy) is 1. The zero-order valence-corrected chi connectivity index (χ0v) is 23.7. The second kappa shape index (κ2) is 10.5. The van der Waals surface area contributed by atoms with Crippen molar-refractivity contribution in [3.05, 3.63) is 28.9 Å². The number of halogens is 1. The van der Waals surface area contributed by atoms with Crippen molar-refractivity contribution in [1.82, 2.24) is 15.2 Å². The Bertz CT molecular complexity index is 1340. The minimum Gasteiger partial charge on any atom is -0.496 e. The molecule has 3 aliphatic rings. The molecule has 2 aromatic rings. The van der Waals surface area contributed by atoms with Crippen LogP contribution >= 0.6 is 11.6 Å². The van der Waals surface area contributed by atoms with E-state index < -0.39 is 12.1 Å². The van der Waals surface area contributed by atoms with E-state index in [1.165, 1.54) is 0 Å². The molecule has 1 aromatic carbocycles. The number of aromatic amines is 1. The molecule has 3 fully saturated rings. The predicted molar refractivity (Wildman–Crippen MR) is 148 cm³/mol. The molecule has 1 aromatic heterocycles. The van der Waals surface area contributed by atoms with E-state index in [2.05, 4.69) is 30.2 Å². The Kier molecular flexibility index (Phi) is 7.41. The Morgan fingerprint density at radius 1 is 1.26 bits per heavy atom. The van der Waals surface area contributed by atoms with Crippen molar-refractivity contribution in [2.24, 2.45) is 16.7 Å². The molecular weight excluding hydrogens is 516 g/mol. The average Bonchev–Trinajstić information content (AvgIpc) is 3.58. The van der Waals surface area contributed by atoms with Gasteiger partial charge in [-0.15, -0.1) is 0 Å². The van der Waals surface area contributed by atoms with Gasteiger partial charge in [-0.1, -0.05) is 44.7 Å². The maximum atomic E-state index is 13.9. The summed E-state index contributed by atoms with van der Waals surface area (Å²) >= 11 is 6.40. The summed E-state index contributed by atoms with van der Waals surface area (Å²) in [6, 6.07) is 5.93. The highest BCUT2D eigenvalue weighted by Gasteiger charge is 2.49. The Morgan fingerprint density at radius 2 is 2.00 bits per heavy atom. The molecule has 0 radical (unpaired) electrons. The van der Waals surface area contributed by atoms with Gasteiger partial charge in [0.25, 0.3) is 5.91 Å². The van der Waals surface area contributed by atoms with Crippen molar-refractivity contribution >= 4 is 40.1 Å². The number of benzene rings is 1. The van der Waals surface area contributed by atoms with Crippen LogP contribution in [0, 0.1) is 28.1 Å². The van der Waals surface area contributed by atoms with Crippen LogP contribution in [0.2, 0.25) is 5.02 Å². The number of amides is 2. The summed E-state index contributed by atoms with van der Waals surface area (Å²) in [5, 5.41) is 13.9. The highest BCUT2D eigenvalue weighted by molar-refractivity contribution is 6.35. The SMILES string of the molecule is COc1ccc(Cl)c2[nH]c(C(=O)N3CC4(CCCCC4)CC3C(=O)NC(C#N)CC3CC(C)(C)CC3=O)cc12. The summed E-state index contributed by atoms with van der Waals surface area (Å²) in [5.74, 6) is -0.0733. The molecule has 2 saturated carbocycles. The molecule has 3 atom stereocenters. The smallest absolute Gasteiger partial charge is 0.271 e. The third-order valence-corrected chi connectivity index (χ3v) is 9.35. The number of rotatable bonds is 6. The second-order valence-electron chi connectivity index (χ2n) is 12.6. The predicted octanol–water partition coefficient (Wildman–Crippen LogP) is 5.40. The quantitative estimate of drug-likeness (QED) is 0.498. The number of hydrogen-bond acceptors (Lipinski definition) is 5. The number of methoxy groups -OCH3 is 1. The van der Waals surface area contributed by atoms with Crippen LogP contribution in [0.5, 0.6) is 5.75 Å². The van der Waals surface area contributed by atoms with E-state index in [1.807, 2.05) is 0 Å². The fourth-order valence-electron chi connectivity index (χ4n) is 7.16. The summed E-state index contributed by atoms with van der Waals surface area (Å²) in [5.41, 5.74) is 0.766. The summed E-state index contributed by atoms with van der Waals surface area (Å²) in [7, 11) is 1.57. The Morgan fingerprint density at radius 3 is 2.64 bits per heavy atom. The highest BCUT2D eigenvalue weighted by atomic mass is 35.5. The van der Waals surface area contributed by atoms with Crippen molar-refractivity contribution in [2.45, 2.75) is 83.7 Å². The number of ketones is 1. The number of nitriles is 1. The van der Waals surface area contributed by atoms with Crippen molar-refractivity contribution in [2.75, 3.05) is 13.7 Å². The number of carbonyl (C=O) groups excluding carboxylic acids is 3. The first-order chi connectivity index (χ1) is 18.5. The number of carbonyl (C=O) groups is 3. The molecule has 2 N–H and O–H groups in total. The van der Waals surface area contributed by atoms with Crippen LogP contribution in [-0.4, -0.2) is 53.2 Å². The molecule has 8 nitrogen and oxygen atoms in total. The Balaban J connectivity index is 1.39. The number of H-pyrrole nitrogens is 1. The molecule has 9 heteroatoms. The van der Waals surface area contributed by atoms with E-state index in [0.717, 1.165) is 32.1 Å². The van der Waals surface area contributed by atoms with Gasteiger partial charge >= 0.3 is 0 Å². The molecule has 1 aliphatic heterocycles. The number of hydrogen-bond donors (Lipinski definition) is 2. The van der Waals surface area contributed by atoms with E-state index in [-0.39, 0.29) is 34.3 Å². The van der Waals surface area contributed by atoms with E-state index in [0.29, 0.717) is 59.6 Å². The van der Waals surface area contributed by atoms with Gasteiger partial charge in [-0.3, -0.25) is 14.4 Å². The van der Waals surface area contributed by atoms with Gasteiger partial charge in [-0.25, -0.2) is 0 Å². The molecule has 0 bridgehead atoms. The van der Waals surface area contributed by atoms with E-state index >= 15 is 0 Å². The van der Waals surface area contributed by atoms with Crippen molar-refractivity contribution in [3.63, 3.8) is 0 Å². The molecule has 208 valence electrons. The molecule has 3 unspecified atom stereocenters. The molecular formula is C30H37ClN4O4. The van der Waals surface area contributed by atoms with Crippen LogP contribution in [0.3, 0.4) is 0 Å². The zero-order valence-electron chi connectivity index (χ0n) is 22.9. The van der Waals surface area contributed by atoms with E-state index in [9.17, 15) is 19.6 Å². The van der Waals surface area contributed by atoms with Crippen molar-refractivity contribution in [3.8, 4) is 11.8 Å². The standard InChI is InChI=1S/C30H37ClN4O4/c1-29(2)13-18(24(36)15-29)11-19(16-32)33-27(37)23-14-30(9-5-4-6-10-30)17-35(23)28(38)22-12-20-25(39-3)8-7-21(31)26(20)34-22/h7-8,12,18-19,23,34H,4-6,9-11,13-15,17H2,1-3H3,(H,33,37). The van der Waals surface area contributed by atoms with Crippen LogP contribution in [0.1, 0.15) is 82.1 Å². The lowest BCUT2D eigenvalue weighted by Gasteiger charge is -2.32. The molecule has 5 rings (SSSR count). The summed E-state index contributed by atoms with van der Waals surface area (Å²) < 4.78 is 5.46. The highest BCUT2D eigenvalue weighted by Crippen LogP contribution is 2.47. The fourth-order valence-corrected chi connectivity index (χ4v) is 7.37. The van der Waals surface area contributed by atoms with Gasteiger partial charge in [0.15, 0.2) is 0 Å². The molecule has 39 heavy (non-hydrogen) atoms. The second-order valence-corrected chi connectivity index (χ2v) is 13.0. The zero-order chi connectivity index (χ0) is 27.9. The Hall–Kier alpha value is -3.05. The number of aromatic nitrogens is 1. The van der Waals surface area contributed by atoms with Crippen molar-refractivity contribution < 1.29 is 19.1 Å². The Labute approximate surface area is 234 Å². The van der Waals surface area contributed by atoms with Gasteiger partial charge in [0.05, 0.1) is 23.7 Å².